The molecule has 1 aromatic rings. The van der Waals surface area contributed by atoms with E-state index < -0.39 is 18.1 Å². The Bertz CT molecular complexity index is 501. The van der Waals surface area contributed by atoms with Crippen molar-refractivity contribution >= 4 is 0 Å². The van der Waals surface area contributed by atoms with Crippen molar-refractivity contribution in [3.05, 3.63) is 35.4 Å². The number of halogens is 2. The zero-order chi connectivity index (χ0) is 21.3. The van der Waals surface area contributed by atoms with E-state index in [1.54, 1.807) is 14.2 Å². The van der Waals surface area contributed by atoms with E-state index in [1.807, 2.05) is 0 Å². The van der Waals surface area contributed by atoms with Gasteiger partial charge in [0.05, 0.1) is 6.10 Å². The van der Waals surface area contributed by atoms with Crippen molar-refractivity contribution in [1.82, 2.24) is 0 Å². The minimum absolute atomic E-state index is 0.142. The van der Waals surface area contributed by atoms with Gasteiger partial charge in [0.1, 0.15) is 11.6 Å². The highest BCUT2D eigenvalue weighted by molar-refractivity contribution is 5.17. The van der Waals surface area contributed by atoms with Crippen LogP contribution >= 0.6 is 0 Å². The van der Waals surface area contributed by atoms with Crippen LogP contribution in [0.4, 0.5) is 8.78 Å². The van der Waals surface area contributed by atoms with Crippen LogP contribution in [-0.4, -0.2) is 26.8 Å². The Hall–Kier alpha value is -1.04. The first-order valence-electron chi connectivity index (χ1n) is 11.2. The molecule has 1 rings (SSSR count). The second-order valence-electron chi connectivity index (χ2n) is 7.81. The molecule has 0 amide bonds. The summed E-state index contributed by atoms with van der Waals surface area (Å²) in [7, 11) is 3.18. The van der Waals surface area contributed by atoms with Crippen LogP contribution in [0.25, 0.3) is 0 Å². The standard InChI is InChI=1S/C24H40F2O3/c1-4-5-6-7-8-12-15-23(29-24(27-2)28-3)16-13-10-9-11-14-20-17-21(25)19-22(26)18-20/h17-19,23-24H,4-16H2,1-3H3. The van der Waals surface area contributed by atoms with Gasteiger partial charge in [-0.3, -0.25) is 0 Å². The van der Waals surface area contributed by atoms with Gasteiger partial charge in [-0.25, -0.2) is 8.78 Å². The average molecular weight is 415 g/mol. The molecule has 0 saturated heterocycles. The molecule has 0 aromatic heterocycles. The molecule has 0 spiro atoms. The molecule has 1 unspecified atom stereocenters. The quantitative estimate of drug-likeness (QED) is 0.188. The molecule has 0 heterocycles. The Balaban J connectivity index is 2.25. The largest absolute Gasteiger partial charge is 0.333 e. The number of ether oxygens (including phenoxy) is 3. The van der Waals surface area contributed by atoms with Crippen LogP contribution in [0.1, 0.15) is 89.5 Å². The molecule has 0 bridgehead atoms. The van der Waals surface area contributed by atoms with Crippen molar-refractivity contribution in [1.29, 1.82) is 0 Å². The fourth-order valence-corrected chi connectivity index (χ4v) is 3.61. The number of benzene rings is 1. The third-order valence-electron chi connectivity index (χ3n) is 5.23. The number of hydrogen-bond donors (Lipinski definition) is 0. The van der Waals surface area contributed by atoms with Gasteiger partial charge in [0.2, 0.25) is 0 Å². The average Bonchev–Trinajstić information content (AvgIpc) is 2.69. The smallest absolute Gasteiger partial charge is 0.271 e. The second-order valence-corrected chi connectivity index (χ2v) is 7.81. The number of aryl methyl sites for hydroxylation is 1. The number of hydrogen-bond acceptors (Lipinski definition) is 3. The van der Waals surface area contributed by atoms with Crippen molar-refractivity contribution in [2.45, 2.75) is 103 Å². The molecule has 168 valence electrons. The molecule has 0 aliphatic heterocycles. The maximum atomic E-state index is 13.2. The SMILES string of the molecule is CCCCCCCCC(CCCCCCc1cc(F)cc(F)c1)OC(OC)OC. The van der Waals surface area contributed by atoms with Gasteiger partial charge < -0.3 is 14.2 Å². The van der Waals surface area contributed by atoms with E-state index in [1.165, 1.54) is 50.7 Å². The minimum atomic E-state index is -0.608. The second kappa shape index (κ2) is 16.7. The summed E-state index contributed by atoms with van der Waals surface area (Å²) in [6.45, 7) is 1.62. The summed E-state index contributed by atoms with van der Waals surface area (Å²) in [5.74, 6) is -0.999. The normalized spacial score (nSPS) is 12.6. The van der Waals surface area contributed by atoms with Gasteiger partial charge in [0.15, 0.2) is 0 Å². The lowest BCUT2D eigenvalue weighted by Crippen LogP contribution is -2.25. The molecule has 1 aromatic carbocycles. The lowest BCUT2D eigenvalue weighted by atomic mass is 10.0. The Morgan fingerprint density at radius 1 is 0.724 bits per heavy atom. The van der Waals surface area contributed by atoms with Crippen LogP contribution in [0.2, 0.25) is 0 Å². The summed E-state index contributed by atoms with van der Waals surface area (Å²) >= 11 is 0. The predicted molar refractivity (Wildman–Crippen MR) is 114 cm³/mol. The third-order valence-corrected chi connectivity index (χ3v) is 5.23. The monoisotopic (exact) mass is 414 g/mol. The van der Waals surface area contributed by atoms with Gasteiger partial charge in [-0.1, -0.05) is 64.7 Å². The van der Waals surface area contributed by atoms with Crippen molar-refractivity contribution in [2.24, 2.45) is 0 Å². The van der Waals surface area contributed by atoms with Crippen molar-refractivity contribution in [3.63, 3.8) is 0 Å². The lowest BCUT2D eigenvalue weighted by molar-refractivity contribution is -0.285. The third kappa shape index (κ3) is 13.0. The van der Waals surface area contributed by atoms with Crippen molar-refractivity contribution in [3.8, 4) is 0 Å². The van der Waals surface area contributed by atoms with Crippen molar-refractivity contribution in [2.75, 3.05) is 14.2 Å². The topological polar surface area (TPSA) is 27.7 Å². The predicted octanol–water partition coefficient (Wildman–Crippen LogP) is 7.17. The molecule has 29 heavy (non-hydrogen) atoms. The summed E-state index contributed by atoms with van der Waals surface area (Å²) < 4.78 is 42.8. The van der Waals surface area contributed by atoms with Crippen LogP contribution in [0, 0.1) is 11.6 Å². The molecule has 0 radical (unpaired) electrons. The van der Waals surface area contributed by atoms with Gasteiger partial charge >= 0.3 is 0 Å². The molecular weight excluding hydrogens is 374 g/mol. The Kier molecular flexibility index (Phi) is 15.0. The molecule has 1 atom stereocenters. The summed E-state index contributed by atoms with van der Waals surface area (Å²) in [5.41, 5.74) is 0.731. The van der Waals surface area contributed by atoms with Crippen LogP contribution in [0.15, 0.2) is 18.2 Å². The van der Waals surface area contributed by atoms with Crippen LogP contribution in [0.5, 0.6) is 0 Å². The Morgan fingerprint density at radius 2 is 1.24 bits per heavy atom. The van der Waals surface area contributed by atoms with E-state index in [2.05, 4.69) is 6.92 Å². The fourth-order valence-electron chi connectivity index (χ4n) is 3.61. The number of rotatable bonds is 18. The number of unbranched alkanes of at least 4 members (excludes halogenated alkanes) is 8. The van der Waals surface area contributed by atoms with E-state index in [4.69, 9.17) is 14.2 Å². The summed E-state index contributed by atoms with van der Waals surface area (Å²) in [5, 5.41) is 0. The first kappa shape index (κ1) is 26.0. The zero-order valence-electron chi connectivity index (χ0n) is 18.6. The highest BCUT2D eigenvalue weighted by atomic mass is 19.1. The van der Waals surface area contributed by atoms with Crippen LogP contribution in [-0.2, 0) is 20.6 Å². The molecule has 0 saturated carbocycles. The summed E-state index contributed by atoms with van der Waals surface area (Å²) in [6, 6.07) is 3.76. The fraction of sp³-hybridized carbons (Fsp3) is 0.750. The molecule has 5 heteroatoms. The minimum Gasteiger partial charge on any atom is -0.333 e. The van der Waals surface area contributed by atoms with Gasteiger partial charge in [0.25, 0.3) is 6.48 Å². The van der Waals surface area contributed by atoms with Gasteiger partial charge in [-0.2, -0.15) is 0 Å². The molecule has 0 aliphatic rings. The van der Waals surface area contributed by atoms with E-state index in [0.29, 0.717) is 6.42 Å². The van der Waals surface area contributed by atoms with E-state index >= 15 is 0 Å². The van der Waals surface area contributed by atoms with E-state index in [0.717, 1.165) is 50.2 Å². The maximum absolute atomic E-state index is 13.2. The summed E-state index contributed by atoms with van der Waals surface area (Å²) in [6.07, 6.45) is 14.6. The van der Waals surface area contributed by atoms with Gasteiger partial charge in [0, 0.05) is 20.3 Å². The molecule has 3 nitrogen and oxygen atoms in total. The van der Waals surface area contributed by atoms with Gasteiger partial charge in [-0.15, -0.1) is 0 Å². The first-order chi connectivity index (χ1) is 14.1. The molecule has 0 N–H and O–H groups in total. The zero-order valence-corrected chi connectivity index (χ0v) is 18.6. The maximum Gasteiger partial charge on any atom is 0.271 e. The van der Waals surface area contributed by atoms with E-state index in [9.17, 15) is 8.78 Å². The Morgan fingerprint density at radius 3 is 1.79 bits per heavy atom. The van der Waals surface area contributed by atoms with Crippen LogP contribution < -0.4 is 0 Å². The summed E-state index contributed by atoms with van der Waals surface area (Å²) in [4.78, 5) is 0. The van der Waals surface area contributed by atoms with Crippen LogP contribution in [0.3, 0.4) is 0 Å². The number of methoxy groups -OCH3 is 2. The highest BCUT2D eigenvalue weighted by Crippen LogP contribution is 2.19. The highest BCUT2D eigenvalue weighted by Gasteiger charge is 2.15. The van der Waals surface area contributed by atoms with E-state index in [-0.39, 0.29) is 6.10 Å². The lowest BCUT2D eigenvalue weighted by Gasteiger charge is -2.23. The molecule has 0 fully saturated rings. The Labute approximate surface area is 176 Å². The molecular formula is C24H40F2O3. The first-order valence-corrected chi connectivity index (χ1v) is 11.2. The van der Waals surface area contributed by atoms with Crippen molar-refractivity contribution < 1.29 is 23.0 Å². The molecule has 0 aliphatic carbocycles. The van der Waals surface area contributed by atoms with Gasteiger partial charge in [-0.05, 0) is 43.4 Å².